The number of nitrogens with one attached hydrogen (secondary N) is 1. The normalized spacial score (nSPS) is 17.5. The Hall–Kier alpha value is -2.16. The van der Waals surface area contributed by atoms with E-state index < -0.39 is 12.0 Å². The summed E-state index contributed by atoms with van der Waals surface area (Å²) < 4.78 is 41.9. The summed E-state index contributed by atoms with van der Waals surface area (Å²) in [5.41, 5.74) is 0.862. The number of hydrogen-bond acceptors (Lipinski definition) is 5. The molecule has 124 valence electrons. The number of piperidine rings is 1. The molecule has 1 saturated heterocycles. The number of pyridine rings is 1. The van der Waals surface area contributed by atoms with Gasteiger partial charge in [-0.05, 0) is 43.5 Å². The average Bonchev–Trinajstić information content (AvgIpc) is 2.97. The van der Waals surface area contributed by atoms with Crippen molar-refractivity contribution in [2.45, 2.75) is 31.5 Å². The molecule has 0 radical (unpaired) electrons. The number of aromatic amines is 1. The lowest BCUT2D eigenvalue weighted by molar-refractivity contribution is -0.146. The average molecular weight is 328 g/mol. The molecule has 3 heterocycles. The van der Waals surface area contributed by atoms with E-state index in [2.05, 4.69) is 19.6 Å². The molecular weight excluding hydrogens is 313 g/mol. The van der Waals surface area contributed by atoms with Crippen molar-refractivity contribution in [3.8, 4) is 0 Å². The van der Waals surface area contributed by atoms with E-state index in [-0.39, 0.29) is 23.9 Å². The van der Waals surface area contributed by atoms with Crippen LogP contribution in [0.1, 0.15) is 36.0 Å². The number of rotatable bonds is 3. The molecule has 2 aromatic heterocycles. The summed E-state index contributed by atoms with van der Waals surface area (Å²) in [5, 5.41) is 2.95. The van der Waals surface area contributed by atoms with Gasteiger partial charge in [0.05, 0.1) is 6.54 Å². The Morgan fingerprint density at radius 1 is 1.35 bits per heavy atom. The third-order valence-electron chi connectivity index (χ3n) is 3.94. The van der Waals surface area contributed by atoms with Crippen molar-refractivity contribution in [2.75, 3.05) is 13.1 Å². The second kappa shape index (κ2) is 6.15. The fourth-order valence-corrected chi connectivity index (χ4v) is 2.77. The molecule has 0 aromatic carbocycles. The minimum atomic E-state index is -4.59. The Labute approximate surface area is 129 Å². The van der Waals surface area contributed by atoms with Crippen LogP contribution < -0.4 is 5.56 Å². The molecule has 9 heteroatoms. The lowest BCUT2D eigenvalue weighted by Crippen LogP contribution is -2.32. The number of likely N-dealkylation sites (tertiary alicyclic amines) is 1. The molecule has 0 spiro atoms. The van der Waals surface area contributed by atoms with Crippen molar-refractivity contribution < 1.29 is 17.7 Å². The van der Waals surface area contributed by atoms with Gasteiger partial charge in [0.15, 0.2) is 0 Å². The predicted octanol–water partition coefficient (Wildman–Crippen LogP) is 2.16. The molecule has 0 amide bonds. The summed E-state index contributed by atoms with van der Waals surface area (Å²) in [7, 11) is 0. The Morgan fingerprint density at radius 2 is 2.09 bits per heavy atom. The van der Waals surface area contributed by atoms with Gasteiger partial charge in [0.25, 0.3) is 5.82 Å². The van der Waals surface area contributed by atoms with Crippen molar-refractivity contribution in [3.05, 3.63) is 46.0 Å². The summed E-state index contributed by atoms with van der Waals surface area (Å²) in [5.74, 6) is -1.00. The van der Waals surface area contributed by atoms with Crippen LogP contribution in [0.2, 0.25) is 0 Å². The lowest BCUT2D eigenvalue weighted by Gasteiger charge is -2.31. The van der Waals surface area contributed by atoms with E-state index in [9.17, 15) is 18.0 Å². The van der Waals surface area contributed by atoms with E-state index >= 15 is 0 Å². The Bertz CT molecular complexity index is 717. The number of alkyl halides is 3. The molecule has 3 rings (SSSR count). The van der Waals surface area contributed by atoms with Gasteiger partial charge in [0.1, 0.15) is 0 Å². The minimum absolute atomic E-state index is 0.0352. The summed E-state index contributed by atoms with van der Waals surface area (Å²) in [6.45, 7) is 1.59. The molecule has 1 fully saturated rings. The fourth-order valence-electron chi connectivity index (χ4n) is 2.77. The van der Waals surface area contributed by atoms with Gasteiger partial charge >= 0.3 is 6.18 Å². The molecule has 1 aliphatic rings. The summed E-state index contributed by atoms with van der Waals surface area (Å²) in [6.07, 6.45) is -1.32. The highest BCUT2D eigenvalue weighted by Crippen LogP contribution is 2.29. The third-order valence-corrected chi connectivity index (χ3v) is 3.94. The topological polar surface area (TPSA) is 75.0 Å². The van der Waals surface area contributed by atoms with E-state index in [1.54, 1.807) is 12.3 Å². The van der Waals surface area contributed by atoms with E-state index in [0.717, 1.165) is 18.4 Å². The van der Waals surface area contributed by atoms with Gasteiger partial charge in [-0.25, -0.2) is 0 Å². The van der Waals surface area contributed by atoms with Crippen molar-refractivity contribution >= 4 is 0 Å². The number of aromatic nitrogens is 3. The maximum atomic E-state index is 12.4. The number of nitrogens with zero attached hydrogens (tertiary/aromatic N) is 3. The molecular formula is C14H15F3N4O2. The quantitative estimate of drug-likeness (QED) is 0.934. The molecule has 0 saturated carbocycles. The molecule has 0 aliphatic carbocycles. The second-order valence-electron chi connectivity index (χ2n) is 5.55. The zero-order chi connectivity index (χ0) is 16.4. The monoisotopic (exact) mass is 328 g/mol. The maximum absolute atomic E-state index is 12.4. The third kappa shape index (κ3) is 3.79. The first-order valence-electron chi connectivity index (χ1n) is 7.22. The van der Waals surface area contributed by atoms with E-state index in [4.69, 9.17) is 0 Å². The first kappa shape index (κ1) is 15.7. The van der Waals surface area contributed by atoms with Crippen LogP contribution in [0.4, 0.5) is 13.2 Å². The van der Waals surface area contributed by atoms with Gasteiger partial charge in [-0.2, -0.15) is 18.2 Å². The predicted molar refractivity (Wildman–Crippen MR) is 73.6 cm³/mol. The number of halogens is 3. The van der Waals surface area contributed by atoms with Crippen molar-refractivity contribution in [2.24, 2.45) is 0 Å². The standard InChI is InChI=1S/C14H15F3N4O2/c15-14(16,17)13-19-12(23-20-13)8-21-5-2-9(3-6-21)10-1-4-18-11(22)7-10/h1,4,7,9H,2-3,5-6,8H2,(H,18,22). The molecule has 0 unspecified atom stereocenters. The highest BCUT2D eigenvalue weighted by molar-refractivity contribution is 5.16. The maximum Gasteiger partial charge on any atom is 0.455 e. The van der Waals surface area contributed by atoms with Gasteiger partial charge in [-0.1, -0.05) is 5.16 Å². The van der Waals surface area contributed by atoms with Crippen LogP contribution in [-0.4, -0.2) is 33.1 Å². The van der Waals surface area contributed by atoms with Crippen LogP contribution in [0.5, 0.6) is 0 Å². The fraction of sp³-hybridized carbons (Fsp3) is 0.500. The summed E-state index contributed by atoms with van der Waals surface area (Å²) in [4.78, 5) is 19.3. The van der Waals surface area contributed by atoms with Crippen LogP contribution in [0.3, 0.4) is 0 Å². The van der Waals surface area contributed by atoms with E-state index in [1.807, 2.05) is 11.0 Å². The highest BCUT2D eigenvalue weighted by Gasteiger charge is 2.37. The Morgan fingerprint density at radius 3 is 2.70 bits per heavy atom. The largest absolute Gasteiger partial charge is 0.455 e. The van der Waals surface area contributed by atoms with Gasteiger partial charge in [0, 0.05) is 12.3 Å². The summed E-state index contributed by atoms with van der Waals surface area (Å²) in [6, 6.07) is 3.48. The molecule has 0 bridgehead atoms. The van der Waals surface area contributed by atoms with Crippen molar-refractivity contribution in [1.82, 2.24) is 20.0 Å². The Balaban J connectivity index is 1.57. The zero-order valence-corrected chi connectivity index (χ0v) is 12.1. The number of hydrogen-bond donors (Lipinski definition) is 1. The molecule has 6 nitrogen and oxygen atoms in total. The SMILES string of the molecule is O=c1cc(C2CCN(Cc3nc(C(F)(F)F)no3)CC2)cc[nH]1. The van der Waals surface area contributed by atoms with Crippen molar-refractivity contribution in [1.29, 1.82) is 0 Å². The molecule has 23 heavy (non-hydrogen) atoms. The van der Waals surface area contributed by atoms with Crippen molar-refractivity contribution in [3.63, 3.8) is 0 Å². The van der Waals surface area contributed by atoms with E-state index in [1.165, 1.54) is 0 Å². The zero-order valence-electron chi connectivity index (χ0n) is 12.1. The first-order valence-corrected chi connectivity index (χ1v) is 7.22. The van der Waals surface area contributed by atoms with Crippen LogP contribution in [-0.2, 0) is 12.7 Å². The van der Waals surface area contributed by atoms with Gasteiger partial charge in [-0.15, -0.1) is 0 Å². The van der Waals surface area contributed by atoms with Gasteiger partial charge in [-0.3, -0.25) is 9.69 Å². The van der Waals surface area contributed by atoms with Crippen LogP contribution in [0, 0.1) is 0 Å². The minimum Gasteiger partial charge on any atom is -0.338 e. The molecule has 2 aromatic rings. The second-order valence-corrected chi connectivity index (χ2v) is 5.55. The van der Waals surface area contributed by atoms with Gasteiger partial charge < -0.3 is 9.51 Å². The first-order chi connectivity index (χ1) is 10.9. The highest BCUT2D eigenvalue weighted by atomic mass is 19.4. The van der Waals surface area contributed by atoms with Gasteiger partial charge in [0.2, 0.25) is 11.4 Å². The Kier molecular flexibility index (Phi) is 4.20. The number of H-pyrrole nitrogens is 1. The molecule has 1 aliphatic heterocycles. The van der Waals surface area contributed by atoms with E-state index in [0.29, 0.717) is 13.1 Å². The summed E-state index contributed by atoms with van der Waals surface area (Å²) >= 11 is 0. The smallest absolute Gasteiger partial charge is 0.338 e. The lowest BCUT2D eigenvalue weighted by atomic mass is 9.90. The van der Waals surface area contributed by atoms with Crippen LogP contribution >= 0.6 is 0 Å². The molecule has 1 N–H and O–H groups in total. The van der Waals surface area contributed by atoms with Crippen LogP contribution in [0.25, 0.3) is 0 Å². The van der Waals surface area contributed by atoms with Crippen LogP contribution in [0.15, 0.2) is 27.6 Å². The molecule has 0 atom stereocenters.